The first kappa shape index (κ1) is 17.9. The number of ketones is 1. The lowest BCUT2D eigenvalue weighted by atomic mass is 9.71. The molecule has 0 N–H and O–H groups in total. The SMILES string of the molecule is C=CCCC[C@@]1(C(=O)N2CCC[C@H]2COC)C=C(C)CCC1=O. The molecule has 1 aliphatic carbocycles. The van der Waals surface area contributed by atoms with Gasteiger partial charge in [-0.2, -0.15) is 0 Å². The molecule has 4 nitrogen and oxygen atoms in total. The molecular weight excluding hydrogens is 290 g/mol. The molecule has 2 aliphatic rings. The van der Waals surface area contributed by atoms with Crippen molar-refractivity contribution in [1.29, 1.82) is 0 Å². The van der Waals surface area contributed by atoms with Crippen molar-refractivity contribution >= 4 is 11.7 Å². The molecule has 0 unspecified atom stereocenters. The van der Waals surface area contributed by atoms with Crippen molar-refractivity contribution in [3.63, 3.8) is 0 Å². The Morgan fingerprint density at radius 3 is 3.00 bits per heavy atom. The van der Waals surface area contributed by atoms with E-state index in [9.17, 15) is 9.59 Å². The monoisotopic (exact) mass is 319 g/mol. The summed E-state index contributed by atoms with van der Waals surface area (Å²) >= 11 is 0. The van der Waals surface area contributed by atoms with E-state index in [0.29, 0.717) is 19.4 Å². The van der Waals surface area contributed by atoms with Gasteiger partial charge in [0.2, 0.25) is 5.91 Å². The summed E-state index contributed by atoms with van der Waals surface area (Å²) in [5, 5.41) is 0. The van der Waals surface area contributed by atoms with Crippen LogP contribution in [-0.2, 0) is 14.3 Å². The highest BCUT2D eigenvalue weighted by atomic mass is 16.5. The second-order valence-electron chi connectivity index (χ2n) is 6.82. The zero-order valence-corrected chi connectivity index (χ0v) is 14.5. The highest BCUT2D eigenvalue weighted by Gasteiger charge is 2.48. The maximum atomic E-state index is 13.3. The smallest absolute Gasteiger partial charge is 0.240 e. The number of amides is 1. The van der Waals surface area contributed by atoms with Gasteiger partial charge in [0.25, 0.3) is 0 Å². The van der Waals surface area contributed by atoms with Crippen LogP contribution in [0.2, 0.25) is 0 Å². The summed E-state index contributed by atoms with van der Waals surface area (Å²) in [6.45, 7) is 7.05. The second kappa shape index (κ2) is 7.91. The average molecular weight is 319 g/mol. The van der Waals surface area contributed by atoms with Crippen LogP contribution in [0, 0.1) is 5.41 Å². The second-order valence-corrected chi connectivity index (χ2v) is 6.82. The maximum absolute atomic E-state index is 13.3. The number of hydrogen-bond acceptors (Lipinski definition) is 3. The van der Waals surface area contributed by atoms with Crippen molar-refractivity contribution in [2.75, 3.05) is 20.3 Å². The fraction of sp³-hybridized carbons (Fsp3) is 0.684. The van der Waals surface area contributed by atoms with Gasteiger partial charge >= 0.3 is 0 Å². The lowest BCUT2D eigenvalue weighted by Gasteiger charge is -2.37. The Bertz CT molecular complexity index is 497. The fourth-order valence-corrected chi connectivity index (χ4v) is 3.86. The van der Waals surface area contributed by atoms with Gasteiger partial charge in [-0.25, -0.2) is 0 Å². The summed E-state index contributed by atoms with van der Waals surface area (Å²) in [6, 6.07) is 0.104. The number of likely N-dealkylation sites (tertiary alicyclic amines) is 1. The van der Waals surface area contributed by atoms with Gasteiger partial charge in [0.15, 0.2) is 5.78 Å². The molecule has 23 heavy (non-hydrogen) atoms. The molecule has 0 aromatic heterocycles. The third-order valence-corrected chi connectivity index (χ3v) is 5.09. The van der Waals surface area contributed by atoms with E-state index in [-0.39, 0.29) is 17.7 Å². The zero-order chi connectivity index (χ0) is 16.9. The van der Waals surface area contributed by atoms with Crippen LogP contribution >= 0.6 is 0 Å². The normalized spacial score (nSPS) is 27.9. The van der Waals surface area contributed by atoms with Crippen LogP contribution in [0.25, 0.3) is 0 Å². The lowest BCUT2D eigenvalue weighted by molar-refractivity contribution is -0.148. The molecule has 1 fully saturated rings. The van der Waals surface area contributed by atoms with E-state index in [1.54, 1.807) is 7.11 Å². The molecule has 0 spiro atoms. The Hall–Kier alpha value is -1.42. The van der Waals surface area contributed by atoms with Crippen LogP contribution in [0.1, 0.15) is 51.9 Å². The number of allylic oxidation sites excluding steroid dienone is 2. The lowest BCUT2D eigenvalue weighted by Crippen LogP contribution is -2.51. The minimum atomic E-state index is -0.957. The molecule has 0 saturated carbocycles. The van der Waals surface area contributed by atoms with Gasteiger partial charge in [-0.1, -0.05) is 17.7 Å². The Labute approximate surface area is 139 Å². The summed E-state index contributed by atoms with van der Waals surface area (Å²) in [5.41, 5.74) is 0.195. The molecule has 2 atom stereocenters. The molecule has 0 bridgehead atoms. The number of carbonyl (C=O) groups excluding carboxylic acids is 2. The molecule has 128 valence electrons. The largest absolute Gasteiger partial charge is 0.383 e. The molecule has 0 aromatic carbocycles. The first-order valence-electron chi connectivity index (χ1n) is 8.67. The standard InChI is InChI=1S/C19H29NO3/c1-4-5-6-11-19(13-15(2)9-10-17(19)21)18(22)20-12-7-8-16(20)14-23-3/h4,13,16H,1,5-12,14H2,2-3H3/t16-,19+/m0/s1. The van der Waals surface area contributed by atoms with E-state index in [4.69, 9.17) is 4.74 Å². The molecule has 0 radical (unpaired) electrons. The third-order valence-electron chi connectivity index (χ3n) is 5.09. The number of hydrogen-bond donors (Lipinski definition) is 0. The third kappa shape index (κ3) is 3.74. The minimum Gasteiger partial charge on any atom is -0.383 e. The predicted molar refractivity (Wildman–Crippen MR) is 91.1 cm³/mol. The fourth-order valence-electron chi connectivity index (χ4n) is 3.86. The van der Waals surface area contributed by atoms with E-state index < -0.39 is 5.41 Å². The van der Waals surface area contributed by atoms with Crippen molar-refractivity contribution in [2.24, 2.45) is 5.41 Å². The molecule has 1 saturated heterocycles. The molecule has 1 aliphatic heterocycles. The van der Waals surface area contributed by atoms with Gasteiger partial charge in [0, 0.05) is 20.1 Å². The Kier molecular flexibility index (Phi) is 6.17. The number of rotatable bonds is 7. The summed E-state index contributed by atoms with van der Waals surface area (Å²) < 4.78 is 5.27. The number of unbranched alkanes of at least 4 members (excludes halogenated alkanes) is 1. The van der Waals surface area contributed by atoms with E-state index >= 15 is 0 Å². The number of nitrogens with zero attached hydrogens (tertiary/aromatic N) is 1. The Morgan fingerprint density at radius 2 is 2.30 bits per heavy atom. The van der Waals surface area contributed by atoms with E-state index in [1.165, 1.54) is 0 Å². The van der Waals surface area contributed by atoms with Crippen LogP contribution in [0.5, 0.6) is 0 Å². The quantitative estimate of drug-likeness (QED) is 0.411. The topological polar surface area (TPSA) is 46.6 Å². The zero-order valence-electron chi connectivity index (χ0n) is 14.5. The van der Waals surface area contributed by atoms with Gasteiger partial charge in [0.1, 0.15) is 5.41 Å². The molecule has 0 aromatic rings. The highest BCUT2D eigenvalue weighted by Crippen LogP contribution is 2.39. The molecule has 1 heterocycles. The summed E-state index contributed by atoms with van der Waals surface area (Å²) in [5.74, 6) is 0.0744. The van der Waals surface area contributed by atoms with Crippen molar-refractivity contribution < 1.29 is 14.3 Å². The van der Waals surface area contributed by atoms with Crippen LogP contribution in [-0.4, -0.2) is 42.9 Å². The average Bonchev–Trinajstić information content (AvgIpc) is 2.99. The highest BCUT2D eigenvalue weighted by molar-refractivity contribution is 6.09. The van der Waals surface area contributed by atoms with Crippen molar-refractivity contribution in [3.8, 4) is 0 Å². The van der Waals surface area contributed by atoms with Crippen molar-refractivity contribution in [3.05, 3.63) is 24.3 Å². The number of carbonyl (C=O) groups is 2. The van der Waals surface area contributed by atoms with Crippen LogP contribution in [0.3, 0.4) is 0 Å². The summed E-state index contributed by atoms with van der Waals surface area (Å²) in [7, 11) is 1.66. The Balaban J connectivity index is 2.29. The van der Waals surface area contributed by atoms with Crippen LogP contribution < -0.4 is 0 Å². The number of Topliss-reactive ketones (excluding diaryl/α,β-unsaturated/α-hetero) is 1. The van der Waals surface area contributed by atoms with Crippen LogP contribution in [0.15, 0.2) is 24.3 Å². The van der Waals surface area contributed by atoms with E-state index in [0.717, 1.165) is 44.2 Å². The van der Waals surface area contributed by atoms with Gasteiger partial charge < -0.3 is 9.64 Å². The van der Waals surface area contributed by atoms with Crippen molar-refractivity contribution in [2.45, 2.75) is 57.9 Å². The van der Waals surface area contributed by atoms with Crippen molar-refractivity contribution in [1.82, 2.24) is 4.90 Å². The van der Waals surface area contributed by atoms with Crippen LogP contribution in [0.4, 0.5) is 0 Å². The molecular formula is C19H29NO3. The predicted octanol–water partition coefficient (Wildman–Crippen LogP) is 3.28. The van der Waals surface area contributed by atoms with Gasteiger partial charge in [-0.15, -0.1) is 6.58 Å². The molecule has 4 heteroatoms. The van der Waals surface area contributed by atoms with Gasteiger partial charge in [-0.05, 0) is 45.4 Å². The maximum Gasteiger partial charge on any atom is 0.240 e. The van der Waals surface area contributed by atoms with Gasteiger partial charge in [-0.3, -0.25) is 9.59 Å². The first-order valence-corrected chi connectivity index (χ1v) is 8.67. The number of ether oxygens (including phenoxy) is 1. The van der Waals surface area contributed by atoms with E-state index in [1.807, 2.05) is 24.0 Å². The summed E-state index contributed by atoms with van der Waals surface area (Å²) in [4.78, 5) is 28.0. The minimum absolute atomic E-state index is 0.00911. The first-order chi connectivity index (χ1) is 11.0. The summed E-state index contributed by atoms with van der Waals surface area (Å²) in [6.07, 6.45) is 9.23. The van der Waals surface area contributed by atoms with Gasteiger partial charge in [0.05, 0.1) is 12.6 Å². The number of methoxy groups -OCH3 is 1. The molecule has 1 amide bonds. The van der Waals surface area contributed by atoms with E-state index in [2.05, 4.69) is 6.58 Å². The molecule has 2 rings (SSSR count). The Morgan fingerprint density at radius 1 is 1.52 bits per heavy atom.